The first-order valence-electron chi connectivity index (χ1n) is 10.0. The summed E-state index contributed by atoms with van der Waals surface area (Å²) in [5, 5.41) is 0. The first-order valence-corrected chi connectivity index (χ1v) is 10.0. The van der Waals surface area contributed by atoms with Crippen molar-refractivity contribution >= 4 is 0 Å². The molecule has 1 spiro atoms. The van der Waals surface area contributed by atoms with Crippen molar-refractivity contribution in [3.8, 4) is 0 Å². The van der Waals surface area contributed by atoms with E-state index < -0.39 is 0 Å². The summed E-state index contributed by atoms with van der Waals surface area (Å²) in [6.45, 7) is 5.39. The molecule has 6 atom stereocenters. The van der Waals surface area contributed by atoms with Crippen molar-refractivity contribution in [2.45, 2.75) is 90.9 Å². The fourth-order valence-corrected chi connectivity index (χ4v) is 8.04. The third-order valence-electron chi connectivity index (χ3n) is 9.68. The minimum absolute atomic E-state index is 0.737. The van der Waals surface area contributed by atoms with Crippen LogP contribution in [0, 0.1) is 39.9 Å². The number of hydrogen-bond acceptors (Lipinski definition) is 0. The van der Waals surface area contributed by atoms with Gasteiger partial charge in [-0.25, -0.2) is 0 Å². The Morgan fingerprint density at radius 1 is 0.714 bits per heavy atom. The van der Waals surface area contributed by atoms with E-state index in [1.807, 2.05) is 0 Å². The molecule has 0 heteroatoms. The molecule has 5 saturated carbocycles. The molecule has 0 nitrogen and oxygen atoms in total. The molecule has 0 aromatic rings. The van der Waals surface area contributed by atoms with Crippen LogP contribution < -0.4 is 0 Å². The Labute approximate surface area is 131 Å². The van der Waals surface area contributed by atoms with Crippen molar-refractivity contribution in [2.75, 3.05) is 0 Å². The lowest BCUT2D eigenvalue weighted by Gasteiger charge is -2.61. The molecule has 118 valence electrons. The van der Waals surface area contributed by atoms with E-state index in [2.05, 4.69) is 13.8 Å². The lowest BCUT2D eigenvalue weighted by Crippen LogP contribution is -2.52. The van der Waals surface area contributed by atoms with Gasteiger partial charge in [-0.3, -0.25) is 0 Å². The Morgan fingerprint density at radius 2 is 1.52 bits per heavy atom. The molecule has 0 saturated heterocycles. The van der Waals surface area contributed by atoms with Gasteiger partial charge in [0, 0.05) is 0 Å². The second-order valence-corrected chi connectivity index (χ2v) is 10.4. The highest BCUT2D eigenvalue weighted by molar-refractivity contribution is 5.10. The third kappa shape index (κ3) is 1.74. The van der Waals surface area contributed by atoms with Crippen LogP contribution in [-0.2, 0) is 0 Å². The fraction of sp³-hybridized carbons (Fsp3) is 1.00. The van der Waals surface area contributed by atoms with Crippen molar-refractivity contribution < 1.29 is 0 Å². The number of rotatable bonds is 0. The first kappa shape index (κ1) is 13.4. The van der Waals surface area contributed by atoms with Gasteiger partial charge in [0.05, 0.1) is 0 Å². The zero-order valence-electron chi connectivity index (χ0n) is 14.3. The summed E-state index contributed by atoms with van der Waals surface area (Å²) in [4.78, 5) is 0. The molecular formula is C21H34. The van der Waals surface area contributed by atoms with Crippen LogP contribution in [0.2, 0.25) is 0 Å². The molecule has 0 bridgehead atoms. The van der Waals surface area contributed by atoms with Crippen LogP contribution in [-0.4, -0.2) is 0 Å². The van der Waals surface area contributed by atoms with Gasteiger partial charge >= 0.3 is 0 Å². The van der Waals surface area contributed by atoms with E-state index in [4.69, 9.17) is 0 Å². The molecular weight excluding hydrogens is 252 g/mol. The average molecular weight is 287 g/mol. The smallest absolute Gasteiger partial charge is 0.0266 e. The van der Waals surface area contributed by atoms with Crippen molar-refractivity contribution in [1.82, 2.24) is 0 Å². The van der Waals surface area contributed by atoms with Crippen LogP contribution in [0.4, 0.5) is 0 Å². The van der Waals surface area contributed by atoms with E-state index in [-0.39, 0.29) is 0 Å². The van der Waals surface area contributed by atoms with Gasteiger partial charge in [0.15, 0.2) is 0 Å². The molecule has 0 aliphatic heterocycles. The van der Waals surface area contributed by atoms with Crippen LogP contribution in [0.5, 0.6) is 0 Å². The van der Waals surface area contributed by atoms with E-state index >= 15 is 0 Å². The lowest BCUT2D eigenvalue weighted by molar-refractivity contribution is -0.114. The molecule has 0 amide bonds. The summed E-state index contributed by atoms with van der Waals surface area (Å²) in [5.41, 5.74) is 2.35. The fourth-order valence-electron chi connectivity index (χ4n) is 8.04. The number of fused-ring (bicyclic) bond motifs is 5. The molecule has 5 rings (SSSR count). The third-order valence-corrected chi connectivity index (χ3v) is 9.68. The maximum Gasteiger partial charge on any atom is -0.0266 e. The first-order chi connectivity index (χ1) is 10.0. The topological polar surface area (TPSA) is 0 Å². The normalized spacial score (nSPS) is 57.4. The summed E-state index contributed by atoms with van der Waals surface area (Å²) in [6, 6.07) is 0. The summed E-state index contributed by atoms with van der Waals surface area (Å²) in [6.07, 6.45) is 18.9. The Balaban J connectivity index is 1.44. The van der Waals surface area contributed by atoms with Gasteiger partial charge in [0.1, 0.15) is 0 Å². The van der Waals surface area contributed by atoms with Crippen LogP contribution in [0.1, 0.15) is 90.9 Å². The van der Waals surface area contributed by atoms with Gasteiger partial charge in [-0.05, 0) is 111 Å². The zero-order valence-corrected chi connectivity index (χ0v) is 14.3. The Bertz CT molecular complexity index is 447. The predicted molar refractivity (Wildman–Crippen MR) is 88.0 cm³/mol. The zero-order chi connectivity index (χ0) is 14.3. The van der Waals surface area contributed by atoms with Crippen molar-refractivity contribution in [2.24, 2.45) is 39.9 Å². The van der Waals surface area contributed by atoms with Gasteiger partial charge in [0.25, 0.3) is 0 Å². The Hall–Kier alpha value is 0. The second kappa shape index (κ2) is 4.09. The minimum atomic E-state index is 0.737. The molecule has 21 heavy (non-hydrogen) atoms. The van der Waals surface area contributed by atoms with Gasteiger partial charge < -0.3 is 0 Å². The summed E-state index contributed by atoms with van der Waals surface area (Å²) in [7, 11) is 0. The molecule has 3 unspecified atom stereocenters. The van der Waals surface area contributed by atoms with Crippen LogP contribution in [0.3, 0.4) is 0 Å². The van der Waals surface area contributed by atoms with Crippen LogP contribution in [0.15, 0.2) is 0 Å². The highest BCUT2D eigenvalue weighted by atomic mass is 14.7. The quantitative estimate of drug-likeness (QED) is 0.497. The summed E-state index contributed by atoms with van der Waals surface area (Å²) < 4.78 is 0. The molecule has 0 heterocycles. The van der Waals surface area contributed by atoms with E-state index in [1.54, 1.807) is 70.6 Å². The van der Waals surface area contributed by atoms with Crippen LogP contribution in [0.25, 0.3) is 0 Å². The molecule has 0 N–H and O–H groups in total. The molecule has 0 aromatic carbocycles. The van der Waals surface area contributed by atoms with E-state index in [0.717, 1.165) is 39.9 Å². The maximum absolute atomic E-state index is 2.74. The molecule has 5 aliphatic carbocycles. The standard InChI is InChI=1S/C21H34/c1-19-8-3-4-17(19)16-6-5-15-14-21(12-13-21)11-10-20(15,2)18(16)7-9-19/h15-18H,3-14H2,1-2H3/t15-,16?,17?,18?,19-,20-/m0/s1. The average Bonchev–Trinajstić information content (AvgIpc) is 3.10. The monoisotopic (exact) mass is 286 g/mol. The van der Waals surface area contributed by atoms with Gasteiger partial charge in [-0.1, -0.05) is 20.3 Å². The van der Waals surface area contributed by atoms with Gasteiger partial charge in [-0.2, -0.15) is 0 Å². The Morgan fingerprint density at radius 3 is 2.33 bits per heavy atom. The number of hydrogen-bond donors (Lipinski definition) is 0. The van der Waals surface area contributed by atoms with Crippen LogP contribution >= 0.6 is 0 Å². The summed E-state index contributed by atoms with van der Waals surface area (Å²) in [5.74, 6) is 4.41. The van der Waals surface area contributed by atoms with Gasteiger partial charge in [0.2, 0.25) is 0 Å². The highest BCUT2D eigenvalue weighted by Gasteiger charge is 2.60. The predicted octanol–water partition coefficient (Wildman–Crippen LogP) is 6.20. The van der Waals surface area contributed by atoms with Crippen molar-refractivity contribution in [1.29, 1.82) is 0 Å². The van der Waals surface area contributed by atoms with Crippen molar-refractivity contribution in [3.05, 3.63) is 0 Å². The van der Waals surface area contributed by atoms with Gasteiger partial charge in [-0.15, -0.1) is 0 Å². The van der Waals surface area contributed by atoms with E-state index in [9.17, 15) is 0 Å². The highest BCUT2D eigenvalue weighted by Crippen LogP contribution is 2.70. The molecule has 5 aliphatic rings. The minimum Gasteiger partial charge on any atom is -0.0594 e. The van der Waals surface area contributed by atoms with Crippen molar-refractivity contribution in [3.63, 3.8) is 0 Å². The maximum atomic E-state index is 2.74. The van der Waals surface area contributed by atoms with E-state index in [0.29, 0.717) is 0 Å². The Kier molecular flexibility index (Phi) is 2.62. The largest absolute Gasteiger partial charge is 0.0594 e. The molecule has 0 aromatic heterocycles. The lowest BCUT2D eigenvalue weighted by atomic mass is 9.44. The second-order valence-electron chi connectivity index (χ2n) is 10.4. The molecule has 0 radical (unpaired) electrons. The SMILES string of the molecule is C[C@@]12CCCC1C1CC[C@H]3CC4(CC4)CC[C@]3(C)C1CC2. The molecule has 5 fully saturated rings. The summed E-state index contributed by atoms with van der Waals surface area (Å²) >= 11 is 0. The van der Waals surface area contributed by atoms with E-state index in [1.165, 1.54) is 6.42 Å².